The van der Waals surface area contributed by atoms with E-state index in [0.717, 1.165) is 36.4 Å². The van der Waals surface area contributed by atoms with Crippen LogP contribution in [-0.2, 0) is 27.8 Å². The van der Waals surface area contributed by atoms with Crippen molar-refractivity contribution in [2.75, 3.05) is 23.3 Å². The molecule has 0 saturated heterocycles. The molecule has 8 heteroatoms. The summed E-state index contributed by atoms with van der Waals surface area (Å²) in [5, 5.41) is 5.01. The molecule has 0 saturated carbocycles. The summed E-state index contributed by atoms with van der Waals surface area (Å²) < 4.78 is 26.4. The van der Waals surface area contributed by atoms with Crippen molar-refractivity contribution in [2.45, 2.75) is 24.8 Å². The number of carbonyl (C=O) groups is 1. The zero-order chi connectivity index (χ0) is 22.6. The first-order valence-electron chi connectivity index (χ1n) is 10.4. The quantitative estimate of drug-likeness (QED) is 0.509. The summed E-state index contributed by atoms with van der Waals surface area (Å²) in [4.78, 5) is 16.3. The van der Waals surface area contributed by atoms with E-state index < -0.39 is 10.0 Å². The van der Waals surface area contributed by atoms with Gasteiger partial charge in [-0.3, -0.25) is 4.79 Å². The van der Waals surface area contributed by atoms with Crippen LogP contribution in [-0.4, -0.2) is 27.4 Å². The molecule has 0 spiro atoms. The molecule has 2 heterocycles. The number of thiophene rings is 1. The number of carbonyl (C=O) groups excluding carboxylic acids is 1. The molecule has 2 N–H and O–H groups in total. The highest BCUT2D eigenvalue weighted by molar-refractivity contribution is 7.89. The second-order valence-electron chi connectivity index (χ2n) is 7.48. The lowest BCUT2D eigenvalue weighted by atomic mass is 10.1. The Morgan fingerprint density at radius 3 is 2.56 bits per heavy atom. The molecule has 32 heavy (non-hydrogen) atoms. The summed E-state index contributed by atoms with van der Waals surface area (Å²) in [6.07, 6.45) is 4.16. The molecule has 2 aromatic carbocycles. The highest BCUT2D eigenvalue weighted by Crippen LogP contribution is 2.28. The lowest BCUT2D eigenvalue weighted by Gasteiger charge is -2.29. The van der Waals surface area contributed by atoms with E-state index in [1.54, 1.807) is 25.1 Å². The van der Waals surface area contributed by atoms with Gasteiger partial charge in [-0.25, -0.2) is 13.1 Å². The first kappa shape index (κ1) is 22.3. The van der Waals surface area contributed by atoms with E-state index >= 15 is 0 Å². The Hall–Kier alpha value is -2.94. The number of amides is 1. The van der Waals surface area contributed by atoms with Crippen molar-refractivity contribution < 1.29 is 13.2 Å². The summed E-state index contributed by atoms with van der Waals surface area (Å²) in [6, 6.07) is 16.4. The number of benzene rings is 2. The van der Waals surface area contributed by atoms with E-state index in [0.29, 0.717) is 6.54 Å². The molecule has 0 atom stereocenters. The molecular formula is C24H25N3O3S2. The number of nitrogens with one attached hydrogen (secondary N) is 2. The third-order valence-electron chi connectivity index (χ3n) is 5.26. The van der Waals surface area contributed by atoms with Crippen LogP contribution in [0.15, 0.2) is 70.9 Å². The maximum Gasteiger partial charge on any atom is 0.248 e. The molecule has 1 aliphatic rings. The van der Waals surface area contributed by atoms with Crippen molar-refractivity contribution in [2.24, 2.45) is 0 Å². The summed E-state index contributed by atoms with van der Waals surface area (Å²) in [6.45, 7) is 3.98. The number of hydrogen-bond donors (Lipinski definition) is 2. The molecule has 1 amide bonds. The average molecular weight is 468 g/mol. The van der Waals surface area contributed by atoms with Crippen molar-refractivity contribution in [3.05, 3.63) is 82.1 Å². The van der Waals surface area contributed by atoms with Crippen LogP contribution >= 0.6 is 11.3 Å². The Balaban J connectivity index is 1.34. The van der Waals surface area contributed by atoms with Crippen LogP contribution in [0, 0.1) is 0 Å². The number of rotatable bonds is 7. The van der Waals surface area contributed by atoms with Gasteiger partial charge in [-0.1, -0.05) is 19.1 Å². The van der Waals surface area contributed by atoms with Crippen molar-refractivity contribution in [3.8, 4) is 0 Å². The molecule has 0 aliphatic carbocycles. The van der Waals surface area contributed by atoms with E-state index in [1.165, 1.54) is 28.6 Å². The predicted octanol–water partition coefficient (Wildman–Crippen LogP) is 4.26. The maximum atomic E-state index is 12.3. The third-order valence-corrected chi connectivity index (χ3v) is 7.84. The highest BCUT2D eigenvalue weighted by Gasteiger charge is 2.17. The van der Waals surface area contributed by atoms with Crippen LogP contribution in [0.2, 0.25) is 0 Å². The highest BCUT2D eigenvalue weighted by atomic mass is 32.2. The van der Waals surface area contributed by atoms with E-state index in [4.69, 9.17) is 0 Å². The second kappa shape index (κ2) is 9.68. The molecular weight excluding hydrogens is 442 g/mol. The Bertz CT molecular complexity index is 1210. The first-order valence-corrected chi connectivity index (χ1v) is 12.8. The zero-order valence-corrected chi connectivity index (χ0v) is 19.4. The van der Waals surface area contributed by atoms with E-state index in [2.05, 4.69) is 26.4 Å². The van der Waals surface area contributed by atoms with Gasteiger partial charge in [0.05, 0.1) is 4.90 Å². The molecule has 1 aliphatic heterocycles. The zero-order valence-electron chi connectivity index (χ0n) is 17.7. The monoisotopic (exact) mass is 467 g/mol. The molecule has 3 aromatic rings. The third kappa shape index (κ3) is 5.27. The summed E-state index contributed by atoms with van der Waals surface area (Å²) >= 11 is 1.83. The number of sulfonamides is 1. The van der Waals surface area contributed by atoms with Crippen LogP contribution in [0.1, 0.15) is 22.9 Å². The second-order valence-corrected chi connectivity index (χ2v) is 10.2. The number of fused-ring (bicyclic) bond motifs is 1. The fraction of sp³-hybridized carbons (Fsp3) is 0.208. The first-order chi connectivity index (χ1) is 15.4. The van der Waals surface area contributed by atoms with Gasteiger partial charge in [0.1, 0.15) is 0 Å². The maximum absolute atomic E-state index is 12.3. The van der Waals surface area contributed by atoms with Crippen LogP contribution in [0.5, 0.6) is 0 Å². The normalized spacial score (nSPS) is 13.8. The van der Waals surface area contributed by atoms with Crippen molar-refractivity contribution in [1.29, 1.82) is 0 Å². The Kier molecular flexibility index (Phi) is 6.74. The smallest absolute Gasteiger partial charge is 0.248 e. The van der Waals surface area contributed by atoms with Crippen LogP contribution < -0.4 is 14.9 Å². The molecule has 4 rings (SSSR count). The van der Waals surface area contributed by atoms with Crippen molar-refractivity contribution in [3.63, 3.8) is 0 Å². The van der Waals surface area contributed by atoms with Crippen LogP contribution in [0.3, 0.4) is 0 Å². The van der Waals surface area contributed by atoms with Gasteiger partial charge < -0.3 is 10.2 Å². The average Bonchev–Trinajstić information content (AvgIpc) is 3.26. The lowest BCUT2D eigenvalue weighted by molar-refractivity contribution is -0.111. The Morgan fingerprint density at radius 1 is 1.09 bits per heavy atom. The van der Waals surface area contributed by atoms with Gasteiger partial charge in [0.25, 0.3) is 0 Å². The molecule has 0 radical (unpaired) electrons. The molecule has 166 valence electrons. The van der Waals surface area contributed by atoms with Gasteiger partial charge in [-0.05, 0) is 71.5 Å². The fourth-order valence-corrected chi connectivity index (χ4v) is 5.54. The standard InChI is InChI=1S/C24H25N3O3S2/c1-2-25-32(29,30)22-10-3-18(4-11-22)5-12-24(28)26-20-6-8-21(9-7-20)27-15-13-23-19(17-27)14-16-31-23/h3-12,14,16,25H,2,13,15,17H2,1H3,(H,26,28)/b12-5+. The van der Waals surface area contributed by atoms with Crippen LogP contribution in [0.4, 0.5) is 11.4 Å². The van der Waals surface area contributed by atoms with Gasteiger partial charge in [0.2, 0.25) is 15.9 Å². The largest absolute Gasteiger partial charge is 0.367 e. The summed E-state index contributed by atoms with van der Waals surface area (Å²) in [5.41, 5.74) is 4.01. The molecule has 6 nitrogen and oxygen atoms in total. The Morgan fingerprint density at radius 2 is 1.84 bits per heavy atom. The minimum Gasteiger partial charge on any atom is -0.367 e. The number of anilines is 2. The fourth-order valence-electron chi connectivity index (χ4n) is 3.61. The lowest BCUT2D eigenvalue weighted by Crippen LogP contribution is -2.29. The number of hydrogen-bond acceptors (Lipinski definition) is 5. The number of nitrogens with zero attached hydrogens (tertiary/aromatic N) is 1. The topological polar surface area (TPSA) is 78.5 Å². The molecule has 0 fully saturated rings. The molecule has 0 unspecified atom stereocenters. The molecule has 0 bridgehead atoms. The van der Waals surface area contributed by atoms with Gasteiger partial charge >= 0.3 is 0 Å². The predicted molar refractivity (Wildman–Crippen MR) is 130 cm³/mol. The van der Waals surface area contributed by atoms with E-state index in [1.807, 2.05) is 35.6 Å². The summed E-state index contributed by atoms with van der Waals surface area (Å²) in [5.74, 6) is -0.247. The van der Waals surface area contributed by atoms with Crippen LogP contribution in [0.25, 0.3) is 6.08 Å². The summed E-state index contributed by atoms with van der Waals surface area (Å²) in [7, 11) is -3.48. The SMILES string of the molecule is CCNS(=O)(=O)c1ccc(/C=C/C(=O)Nc2ccc(N3CCc4sccc4C3)cc2)cc1. The van der Waals surface area contributed by atoms with Gasteiger partial charge in [0.15, 0.2) is 0 Å². The van der Waals surface area contributed by atoms with Crippen molar-refractivity contribution >= 4 is 44.7 Å². The minimum absolute atomic E-state index is 0.199. The Labute approximate surface area is 192 Å². The van der Waals surface area contributed by atoms with E-state index in [-0.39, 0.29) is 10.8 Å². The van der Waals surface area contributed by atoms with Gasteiger partial charge in [-0.2, -0.15) is 0 Å². The van der Waals surface area contributed by atoms with Crippen molar-refractivity contribution in [1.82, 2.24) is 4.72 Å². The molecule has 1 aromatic heterocycles. The van der Waals surface area contributed by atoms with E-state index in [9.17, 15) is 13.2 Å². The van der Waals surface area contributed by atoms with Gasteiger partial charge in [0, 0.05) is 42.0 Å². The van der Waals surface area contributed by atoms with Gasteiger partial charge in [-0.15, -0.1) is 11.3 Å². The minimum atomic E-state index is -3.48.